The van der Waals surface area contributed by atoms with Gasteiger partial charge in [-0.25, -0.2) is 0 Å². The summed E-state index contributed by atoms with van der Waals surface area (Å²) >= 11 is 0. The van der Waals surface area contributed by atoms with Crippen molar-refractivity contribution in [2.75, 3.05) is 13.1 Å². The third kappa shape index (κ3) is 5.57. The Hall–Kier alpha value is -1.85. The van der Waals surface area contributed by atoms with Crippen LogP contribution in [-0.4, -0.2) is 34.7 Å². The zero-order chi connectivity index (χ0) is 15.8. The summed E-state index contributed by atoms with van der Waals surface area (Å²) in [5, 5.41) is 9.76. The first kappa shape index (κ1) is 17.2. The summed E-state index contributed by atoms with van der Waals surface area (Å²) in [5.74, 6) is -0.159. The van der Waals surface area contributed by atoms with Crippen LogP contribution in [0.1, 0.15) is 57.1 Å². The van der Waals surface area contributed by atoms with Crippen molar-refractivity contribution in [1.29, 1.82) is 0 Å². The standard InChI is InChI=1S/C15H26N4O2/c1-5-6-12(4)14(20)16-8-9-17-15(21)13-7-10-19(18-13)11(2)3/h7,10-12H,5-6,8-9H2,1-4H3,(H,16,20)(H,17,21)/t12-/m0/s1. The zero-order valence-electron chi connectivity index (χ0n) is 13.3. The number of nitrogens with one attached hydrogen (secondary N) is 2. The van der Waals surface area contributed by atoms with Crippen LogP contribution in [0, 0.1) is 5.92 Å². The van der Waals surface area contributed by atoms with Crippen LogP contribution in [0.15, 0.2) is 12.3 Å². The fourth-order valence-corrected chi connectivity index (χ4v) is 1.94. The van der Waals surface area contributed by atoms with Crippen molar-refractivity contribution in [1.82, 2.24) is 20.4 Å². The van der Waals surface area contributed by atoms with Crippen molar-refractivity contribution in [3.8, 4) is 0 Å². The molecule has 0 unspecified atom stereocenters. The fraction of sp³-hybridized carbons (Fsp3) is 0.667. The molecule has 6 nitrogen and oxygen atoms in total. The molecule has 0 radical (unpaired) electrons. The maximum atomic E-state index is 11.9. The van der Waals surface area contributed by atoms with Gasteiger partial charge in [-0.3, -0.25) is 14.3 Å². The van der Waals surface area contributed by atoms with E-state index in [1.807, 2.05) is 20.8 Å². The first-order valence-electron chi connectivity index (χ1n) is 7.56. The number of nitrogens with zero attached hydrogens (tertiary/aromatic N) is 2. The number of hydrogen-bond acceptors (Lipinski definition) is 3. The smallest absolute Gasteiger partial charge is 0.271 e. The van der Waals surface area contributed by atoms with Gasteiger partial charge in [-0.05, 0) is 26.3 Å². The Labute approximate surface area is 126 Å². The lowest BCUT2D eigenvalue weighted by atomic mass is 10.1. The van der Waals surface area contributed by atoms with Crippen LogP contribution in [0.25, 0.3) is 0 Å². The summed E-state index contributed by atoms with van der Waals surface area (Å²) in [7, 11) is 0. The van der Waals surface area contributed by atoms with Gasteiger partial charge in [-0.15, -0.1) is 0 Å². The molecule has 1 rings (SSSR count). The van der Waals surface area contributed by atoms with Gasteiger partial charge in [0.1, 0.15) is 5.69 Å². The first-order valence-corrected chi connectivity index (χ1v) is 7.56. The van der Waals surface area contributed by atoms with Gasteiger partial charge in [0.15, 0.2) is 0 Å². The normalized spacial score (nSPS) is 12.2. The number of aromatic nitrogens is 2. The minimum atomic E-state index is -0.217. The molecule has 0 aliphatic carbocycles. The van der Waals surface area contributed by atoms with E-state index in [0.29, 0.717) is 18.8 Å². The molecular formula is C15H26N4O2. The molecule has 6 heteroatoms. The summed E-state index contributed by atoms with van der Waals surface area (Å²) in [6.45, 7) is 8.81. The second-order valence-electron chi connectivity index (χ2n) is 5.51. The van der Waals surface area contributed by atoms with Crippen LogP contribution < -0.4 is 10.6 Å². The minimum absolute atomic E-state index is 0.0208. The SMILES string of the molecule is CCC[C@H](C)C(=O)NCCNC(=O)c1ccn(C(C)C)n1. The van der Waals surface area contributed by atoms with Crippen LogP contribution in [0.5, 0.6) is 0 Å². The van der Waals surface area contributed by atoms with E-state index >= 15 is 0 Å². The molecule has 118 valence electrons. The van der Waals surface area contributed by atoms with Crippen molar-refractivity contribution < 1.29 is 9.59 Å². The van der Waals surface area contributed by atoms with Crippen molar-refractivity contribution in [3.05, 3.63) is 18.0 Å². The Kier molecular flexibility index (Phi) is 6.91. The predicted octanol–water partition coefficient (Wildman–Crippen LogP) is 1.75. The fourth-order valence-electron chi connectivity index (χ4n) is 1.94. The Morgan fingerprint density at radius 2 is 1.90 bits per heavy atom. The van der Waals surface area contributed by atoms with E-state index in [-0.39, 0.29) is 23.8 Å². The van der Waals surface area contributed by atoms with E-state index in [4.69, 9.17) is 0 Å². The highest BCUT2D eigenvalue weighted by atomic mass is 16.2. The first-order chi connectivity index (χ1) is 9.95. The molecule has 0 spiro atoms. The predicted molar refractivity (Wildman–Crippen MR) is 82.0 cm³/mol. The molecule has 1 heterocycles. The highest BCUT2D eigenvalue weighted by molar-refractivity contribution is 5.92. The van der Waals surface area contributed by atoms with Gasteiger partial charge >= 0.3 is 0 Å². The van der Waals surface area contributed by atoms with Gasteiger partial charge in [0, 0.05) is 31.2 Å². The average Bonchev–Trinajstić information content (AvgIpc) is 2.93. The Morgan fingerprint density at radius 3 is 2.48 bits per heavy atom. The number of carbonyl (C=O) groups excluding carboxylic acids is 2. The monoisotopic (exact) mass is 294 g/mol. The van der Waals surface area contributed by atoms with Crippen molar-refractivity contribution in [3.63, 3.8) is 0 Å². The molecule has 0 saturated carbocycles. The summed E-state index contributed by atoms with van der Waals surface area (Å²) in [4.78, 5) is 23.5. The largest absolute Gasteiger partial charge is 0.354 e. The lowest BCUT2D eigenvalue weighted by Crippen LogP contribution is -2.37. The third-order valence-corrected chi connectivity index (χ3v) is 3.25. The topological polar surface area (TPSA) is 76.0 Å². The summed E-state index contributed by atoms with van der Waals surface area (Å²) in [5.41, 5.74) is 0.398. The van der Waals surface area contributed by atoms with Gasteiger partial charge in [0.2, 0.25) is 5.91 Å². The molecule has 0 aliphatic rings. The highest BCUT2D eigenvalue weighted by Crippen LogP contribution is 2.04. The molecule has 0 aromatic carbocycles. The second-order valence-corrected chi connectivity index (χ2v) is 5.51. The maximum absolute atomic E-state index is 11.9. The van der Waals surface area contributed by atoms with Crippen LogP contribution in [0.3, 0.4) is 0 Å². The van der Waals surface area contributed by atoms with E-state index in [1.165, 1.54) is 0 Å². The van der Waals surface area contributed by atoms with Gasteiger partial charge in [0.25, 0.3) is 5.91 Å². The highest BCUT2D eigenvalue weighted by Gasteiger charge is 2.12. The maximum Gasteiger partial charge on any atom is 0.271 e. The molecule has 1 aromatic heterocycles. The molecular weight excluding hydrogens is 268 g/mol. The van der Waals surface area contributed by atoms with Crippen LogP contribution in [0.2, 0.25) is 0 Å². The molecule has 2 amide bonds. The molecule has 0 fully saturated rings. The molecule has 21 heavy (non-hydrogen) atoms. The van der Waals surface area contributed by atoms with E-state index in [1.54, 1.807) is 16.9 Å². The van der Waals surface area contributed by atoms with Gasteiger partial charge in [-0.1, -0.05) is 20.3 Å². The van der Waals surface area contributed by atoms with Crippen molar-refractivity contribution in [2.45, 2.75) is 46.6 Å². The third-order valence-electron chi connectivity index (χ3n) is 3.25. The van der Waals surface area contributed by atoms with Gasteiger partial charge in [0.05, 0.1) is 0 Å². The van der Waals surface area contributed by atoms with Crippen molar-refractivity contribution >= 4 is 11.8 Å². The van der Waals surface area contributed by atoms with E-state index in [0.717, 1.165) is 12.8 Å². The Balaban J connectivity index is 2.28. The summed E-state index contributed by atoms with van der Waals surface area (Å²) in [6.07, 6.45) is 3.66. The summed E-state index contributed by atoms with van der Waals surface area (Å²) in [6, 6.07) is 1.92. The van der Waals surface area contributed by atoms with Crippen molar-refractivity contribution in [2.24, 2.45) is 5.92 Å². The minimum Gasteiger partial charge on any atom is -0.354 e. The lowest BCUT2D eigenvalue weighted by molar-refractivity contribution is -0.124. The number of hydrogen-bond donors (Lipinski definition) is 2. The molecule has 0 bridgehead atoms. The molecule has 0 saturated heterocycles. The number of carbonyl (C=O) groups is 2. The van der Waals surface area contributed by atoms with Crippen LogP contribution >= 0.6 is 0 Å². The molecule has 2 N–H and O–H groups in total. The van der Waals surface area contributed by atoms with Gasteiger partial charge in [-0.2, -0.15) is 5.10 Å². The second kappa shape index (κ2) is 8.44. The lowest BCUT2D eigenvalue weighted by Gasteiger charge is -2.11. The number of amides is 2. The average molecular weight is 294 g/mol. The zero-order valence-corrected chi connectivity index (χ0v) is 13.3. The molecule has 0 aliphatic heterocycles. The Morgan fingerprint density at radius 1 is 1.24 bits per heavy atom. The summed E-state index contributed by atoms with van der Waals surface area (Å²) < 4.78 is 1.74. The van der Waals surface area contributed by atoms with Crippen LogP contribution in [0.4, 0.5) is 0 Å². The van der Waals surface area contributed by atoms with E-state index in [9.17, 15) is 9.59 Å². The van der Waals surface area contributed by atoms with Crippen LogP contribution in [-0.2, 0) is 4.79 Å². The number of rotatable bonds is 8. The Bertz CT molecular complexity index is 468. The molecule has 1 aromatic rings. The van der Waals surface area contributed by atoms with E-state index < -0.39 is 0 Å². The van der Waals surface area contributed by atoms with Gasteiger partial charge < -0.3 is 10.6 Å². The van der Waals surface area contributed by atoms with E-state index in [2.05, 4.69) is 22.7 Å². The quantitative estimate of drug-likeness (QED) is 0.717. The molecule has 1 atom stereocenters.